The Morgan fingerprint density at radius 3 is 2.35 bits per heavy atom. The van der Waals surface area contributed by atoms with Crippen molar-refractivity contribution in [1.82, 2.24) is 14.4 Å². The van der Waals surface area contributed by atoms with Crippen molar-refractivity contribution < 1.29 is 23.7 Å². The zero-order valence-corrected chi connectivity index (χ0v) is 25.5. The minimum absolute atomic E-state index is 0.301. The van der Waals surface area contributed by atoms with Gasteiger partial charge in [-0.05, 0) is 56.2 Å². The van der Waals surface area contributed by atoms with Gasteiger partial charge in [0, 0.05) is 22.4 Å². The van der Waals surface area contributed by atoms with Crippen LogP contribution in [0, 0.1) is 0 Å². The number of methoxy groups -OCH3 is 1. The van der Waals surface area contributed by atoms with Crippen LogP contribution in [-0.4, -0.2) is 70.6 Å². The molecule has 3 heterocycles. The lowest BCUT2D eigenvalue weighted by atomic mass is 10.0. The van der Waals surface area contributed by atoms with Gasteiger partial charge in [0.15, 0.2) is 0 Å². The van der Waals surface area contributed by atoms with E-state index in [1.54, 1.807) is 13.3 Å². The molecule has 0 spiro atoms. The normalized spacial score (nSPS) is 11.5. The molecule has 4 aromatic rings. The van der Waals surface area contributed by atoms with Crippen molar-refractivity contribution in [3.63, 3.8) is 0 Å². The van der Waals surface area contributed by atoms with Gasteiger partial charge in [-0.15, -0.1) is 0 Å². The summed E-state index contributed by atoms with van der Waals surface area (Å²) in [7, 11) is 1.65. The number of nitrogens with zero attached hydrogens (tertiary/aromatic N) is 4. The number of carbonyl (C=O) groups excluding carboxylic acids is 1. The van der Waals surface area contributed by atoms with Gasteiger partial charge in [0.2, 0.25) is 0 Å². The van der Waals surface area contributed by atoms with Crippen molar-refractivity contribution in [2.24, 2.45) is 0 Å². The number of halogens is 1. The van der Waals surface area contributed by atoms with Gasteiger partial charge in [0.05, 0.1) is 52.0 Å². The highest BCUT2D eigenvalue weighted by Crippen LogP contribution is 2.28. The molecule has 3 aromatic heterocycles. The van der Waals surface area contributed by atoms with Crippen LogP contribution >= 0.6 is 22.6 Å². The summed E-state index contributed by atoms with van der Waals surface area (Å²) in [4.78, 5) is 23.8. The summed E-state index contributed by atoms with van der Waals surface area (Å²) >= 11 is 2.27. The van der Waals surface area contributed by atoms with E-state index in [9.17, 15) is 4.79 Å². The minimum Gasteiger partial charge on any atom is -0.495 e. The molecule has 1 amide bonds. The molecular weight excluding hydrogens is 623 g/mol. The topological polar surface area (TPSA) is 87.4 Å². The third-order valence-corrected chi connectivity index (χ3v) is 6.30. The average Bonchev–Trinajstić information content (AvgIpc) is 3.37. The summed E-state index contributed by atoms with van der Waals surface area (Å²) in [5, 5.41) is 0. The Morgan fingerprint density at radius 2 is 1.65 bits per heavy atom. The fraction of sp³-hybridized carbons (Fsp3) is 0.367. The zero-order chi connectivity index (χ0) is 28.5. The quantitative estimate of drug-likeness (QED) is 0.101. The number of benzene rings is 1. The maximum Gasteiger partial charge on any atom is 0.416 e. The van der Waals surface area contributed by atoms with Crippen molar-refractivity contribution in [1.29, 1.82) is 0 Å². The highest BCUT2D eigenvalue weighted by Gasteiger charge is 2.24. The average molecular weight is 659 g/mol. The third kappa shape index (κ3) is 8.15. The molecule has 0 unspecified atom stereocenters. The molecule has 40 heavy (non-hydrogen) atoms. The molecular formula is C30H35IN4O5. The Bertz CT molecular complexity index is 1400. The van der Waals surface area contributed by atoms with Crippen molar-refractivity contribution in [2.45, 2.75) is 26.4 Å². The van der Waals surface area contributed by atoms with E-state index in [2.05, 4.69) is 27.6 Å². The number of rotatable bonds is 12. The van der Waals surface area contributed by atoms with Gasteiger partial charge < -0.3 is 23.3 Å². The number of ether oxygens (including phenoxy) is 4. The maximum atomic E-state index is 13.1. The van der Waals surface area contributed by atoms with Crippen molar-refractivity contribution in [2.75, 3.05) is 49.4 Å². The Morgan fingerprint density at radius 1 is 0.925 bits per heavy atom. The monoisotopic (exact) mass is 658 g/mol. The summed E-state index contributed by atoms with van der Waals surface area (Å²) in [5.41, 5.74) is 3.99. The first-order chi connectivity index (χ1) is 19.3. The van der Waals surface area contributed by atoms with E-state index >= 15 is 0 Å². The standard InChI is InChI=1S/C30H35IN4O5/c1-30(2,3)40-29(36)35(14-16-39-18-17-38-15-12-31)28-19-24(11-13-32-28)22-5-7-23(8-6-22)26-21-34-20-25(37-4)9-10-27(34)33-26/h5-11,13,19-21H,12,14-18H2,1-4H3. The van der Waals surface area contributed by atoms with Crippen molar-refractivity contribution in [3.05, 3.63) is 67.1 Å². The first kappa shape index (κ1) is 29.8. The van der Waals surface area contributed by atoms with E-state index in [-0.39, 0.29) is 0 Å². The van der Waals surface area contributed by atoms with E-state index in [0.717, 1.165) is 38.2 Å². The molecule has 0 fully saturated rings. The molecule has 4 rings (SSSR count). The number of amides is 1. The lowest BCUT2D eigenvalue weighted by Crippen LogP contribution is -2.39. The van der Waals surface area contributed by atoms with Crippen LogP contribution in [0.1, 0.15) is 20.8 Å². The van der Waals surface area contributed by atoms with Gasteiger partial charge in [-0.2, -0.15) is 0 Å². The number of anilines is 1. The SMILES string of the molecule is COc1ccc2nc(-c3ccc(-c4ccnc(N(CCOCCOCCI)C(=O)OC(C)(C)C)c4)cc3)cn2c1. The van der Waals surface area contributed by atoms with Crippen molar-refractivity contribution >= 4 is 40.1 Å². The highest BCUT2D eigenvalue weighted by molar-refractivity contribution is 14.1. The smallest absolute Gasteiger partial charge is 0.416 e. The molecule has 0 atom stereocenters. The largest absolute Gasteiger partial charge is 0.495 e. The molecule has 0 aliphatic rings. The fourth-order valence-corrected chi connectivity index (χ4v) is 4.27. The fourth-order valence-electron chi connectivity index (χ4n) is 3.96. The predicted octanol–water partition coefficient (Wildman–Crippen LogP) is 6.28. The molecule has 0 saturated heterocycles. The molecule has 0 saturated carbocycles. The van der Waals surface area contributed by atoms with Crippen LogP contribution in [0.3, 0.4) is 0 Å². The lowest BCUT2D eigenvalue weighted by molar-refractivity contribution is 0.0481. The summed E-state index contributed by atoms with van der Waals surface area (Å²) < 4.78 is 25.0. The number of imidazole rings is 1. The number of hydrogen-bond donors (Lipinski definition) is 0. The first-order valence-corrected chi connectivity index (χ1v) is 14.6. The number of carbonyl (C=O) groups is 1. The van der Waals surface area contributed by atoms with Gasteiger partial charge in [-0.3, -0.25) is 4.90 Å². The van der Waals surface area contributed by atoms with E-state index in [0.29, 0.717) is 38.8 Å². The number of aromatic nitrogens is 3. The molecule has 0 radical (unpaired) electrons. The summed E-state index contributed by atoms with van der Waals surface area (Å²) in [6.07, 6.45) is 5.11. The zero-order valence-electron chi connectivity index (χ0n) is 23.3. The van der Waals surface area contributed by atoms with Gasteiger partial charge in [0.25, 0.3) is 0 Å². The Labute approximate surface area is 248 Å². The second-order valence-electron chi connectivity index (χ2n) is 9.99. The molecule has 0 aliphatic carbocycles. The van der Waals surface area contributed by atoms with E-state index in [1.165, 1.54) is 4.90 Å². The van der Waals surface area contributed by atoms with Gasteiger partial charge in [-0.1, -0.05) is 46.9 Å². The van der Waals surface area contributed by atoms with E-state index in [4.69, 9.17) is 23.9 Å². The van der Waals surface area contributed by atoms with Crippen LogP contribution < -0.4 is 9.64 Å². The second kappa shape index (κ2) is 13.9. The molecule has 0 aliphatic heterocycles. The summed E-state index contributed by atoms with van der Waals surface area (Å²) in [6.45, 7) is 7.83. The lowest BCUT2D eigenvalue weighted by Gasteiger charge is -2.27. The second-order valence-corrected chi connectivity index (χ2v) is 11.1. The molecule has 1 aromatic carbocycles. The van der Waals surface area contributed by atoms with Crippen molar-refractivity contribution in [3.8, 4) is 28.1 Å². The summed E-state index contributed by atoms with van der Waals surface area (Å²) in [5.74, 6) is 1.27. The Kier molecular flexibility index (Phi) is 10.3. The number of alkyl halides is 1. The molecule has 212 valence electrons. The van der Waals surface area contributed by atoms with Gasteiger partial charge in [-0.25, -0.2) is 14.8 Å². The number of pyridine rings is 2. The van der Waals surface area contributed by atoms with Crippen LogP contribution in [-0.2, 0) is 14.2 Å². The van der Waals surface area contributed by atoms with Gasteiger partial charge >= 0.3 is 6.09 Å². The highest BCUT2D eigenvalue weighted by atomic mass is 127. The van der Waals surface area contributed by atoms with Gasteiger partial charge in [0.1, 0.15) is 22.8 Å². The molecule has 0 bridgehead atoms. The number of hydrogen-bond acceptors (Lipinski definition) is 7. The maximum absolute atomic E-state index is 13.1. The minimum atomic E-state index is -0.639. The summed E-state index contributed by atoms with van der Waals surface area (Å²) in [6, 6.07) is 15.8. The first-order valence-electron chi connectivity index (χ1n) is 13.1. The number of fused-ring (bicyclic) bond motifs is 1. The Hall–Kier alpha value is -3.22. The van der Waals surface area contributed by atoms with Crippen LogP contribution in [0.5, 0.6) is 5.75 Å². The van der Waals surface area contributed by atoms with Crippen LogP contribution in [0.15, 0.2) is 67.1 Å². The predicted molar refractivity (Wildman–Crippen MR) is 165 cm³/mol. The van der Waals surface area contributed by atoms with E-state index in [1.807, 2.05) is 86.1 Å². The molecule has 10 heteroatoms. The van der Waals surface area contributed by atoms with Crippen LogP contribution in [0.2, 0.25) is 0 Å². The third-order valence-electron chi connectivity index (χ3n) is 5.86. The Balaban J connectivity index is 1.50. The van der Waals surface area contributed by atoms with E-state index < -0.39 is 11.7 Å². The van der Waals surface area contributed by atoms with Crippen LogP contribution in [0.4, 0.5) is 10.6 Å². The molecule has 9 nitrogen and oxygen atoms in total. The molecule has 0 N–H and O–H groups in total. The van der Waals surface area contributed by atoms with Crippen LogP contribution in [0.25, 0.3) is 28.0 Å².